The zero-order chi connectivity index (χ0) is 20.6. The van der Waals surface area contributed by atoms with Crippen molar-refractivity contribution in [2.24, 2.45) is 0 Å². The highest BCUT2D eigenvalue weighted by atomic mass is 32.2. The Bertz CT molecular complexity index is 1210. The van der Waals surface area contributed by atoms with Crippen LogP contribution in [0.3, 0.4) is 0 Å². The zero-order valence-corrected chi connectivity index (χ0v) is 16.7. The van der Waals surface area contributed by atoms with Crippen LogP contribution in [0.1, 0.15) is 18.9 Å². The van der Waals surface area contributed by atoms with Gasteiger partial charge in [-0.3, -0.25) is 14.7 Å². The van der Waals surface area contributed by atoms with E-state index in [0.717, 1.165) is 23.8 Å². The molecule has 1 aliphatic rings. The molecule has 1 aliphatic carbocycles. The summed E-state index contributed by atoms with van der Waals surface area (Å²) in [5, 5.41) is 17.4. The third-order valence-corrected chi connectivity index (χ3v) is 6.87. The van der Waals surface area contributed by atoms with Crippen molar-refractivity contribution < 1.29 is 13.3 Å². The second kappa shape index (κ2) is 7.54. The van der Waals surface area contributed by atoms with Crippen LogP contribution in [0.2, 0.25) is 0 Å². The predicted molar refractivity (Wildman–Crippen MR) is 106 cm³/mol. The Balaban J connectivity index is 1.54. The normalized spacial score (nSPS) is 14.2. The average molecular weight is 435 g/mol. The molecule has 0 radical (unpaired) electrons. The van der Waals surface area contributed by atoms with E-state index >= 15 is 0 Å². The number of aromatic nitrogens is 3. The Kier molecular flexibility index (Phi) is 5.06. The minimum absolute atomic E-state index is 0.0107. The zero-order valence-electron chi connectivity index (χ0n) is 15.1. The highest BCUT2D eigenvalue weighted by Crippen LogP contribution is 2.37. The van der Waals surface area contributed by atoms with E-state index in [1.807, 2.05) is 17.5 Å². The maximum atomic E-state index is 12.7. The number of nitrogens with one attached hydrogen (secondary N) is 1. The first kappa shape index (κ1) is 19.5. The van der Waals surface area contributed by atoms with Crippen LogP contribution in [0.5, 0.6) is 0 Å². The van der Waals surface area contributed by atoms with Crippen molar-refractivity contribution in [3.05, 3.63) is 62.4 Å². The molecule has 2 heterocycles. The van der Waals surface area contributed by atoms with Gasteiger partial charge in [0.2, 0.25) is 10.0 Å². The molecule has 0 aliphatic heterocycles. The fourth-order valence-electron chi connectivity index (χ4n) is 3.00. The highest BCUT2D eigenvalue weighted by Gasteiger charge is 2.31. The number of sulfonamides is 1. The van der Waals surface area contributed by atoms with Gasteiger partial charge in [0.25, 0.3) is 5.69 Å². The number of benzene rings is 1. The van der Waals surface area contributed by atoms with Crippen LogP contribution < -0.4 is 10.4 Å². The van der Waals surface area contributed by atoms with E-state index in [1.165, 1.54) is 34.2 Å². The van der Waals surface area contributed by atoms with Crippen molar-refractivity contribution in [3.63, 3.8) is 0 Å². The van der Waals surface area contributed by atoms with Gasteiger partial charge >= 0.3 is 5.69 Å². The first-order valence-corrected chi connectivity index (χ1v) is 11.2. The third-order valence-electron chi connectivity index (χ3n) is 4.49. The molecule has 0 amide bonds. The van der Waals surface area contributed by atoms with Gasteiger partial charge in [-0.05, 0) is 30.4 Å². The first-order valence-electron chi connectivity index (χ1n) is 8.85. The SMILES string of the molecule is O=c1n(CCNS(=O)(=O)c2ccccc2[N+](=O)[O-])nc(-c2cccs2)n1C1CC1. The first-order chi connectivity index (χ1) is 13.9. The fourth-order valence-corrected chi connectivity index (χ4v) is 4.90. The lowest BCUT2D eigenvalue weighted by atomic mass is 10.3. The summed E-state index contributed by atoms with van der Waals surface area (Å²) in [7, 11) is -4.11. The molecule has 0 saturated heterocycles. The van der Waals surface area contributed by atoms with Gasteiger partial charge in [0.1, 0.15) is 0 Å². The molecule has 1 aromatic carbocycles. The Hall–Kier alpha value is -2.83. The molecule has 0 spiro atoms. The van der Waals surface area contributed by atoms with Crippen molar-refractivity contribution in [1.82, 2.24) is 19.1 Å². The predicted octanol–water partition coefficient (Wildman–Crippen LogP) is 1.99. The topological polar surface area (TPSA) is 129 Å². The van der Waals surface area contributed by atoms with Gasteiger partial charge in [-0.25, -0.2) is 22.6 Å². The van der Waals surface area contributed by atoms with Crippen LogP contribution >= 0.6 is 11.3 Å². The Labute approximate surface area is 169 Å². The number of nitro benzene ring substituents is 1. The number of hydrogen-bond acceptors (Lipinski definition) is 7. The number of thiophene rings is 1. The van der Waals surface area contributed by atoms with Crippen molar-refractivity contribution in [2.45, 2.75) is 30.3 Å². The van der Waals surface area contributed by atoms with Gasteiger partial charge in [0.15, 0.2) is 10.7 Å². The molecular formula is C17H17N5O5S2. The number of rotatable bonds is 8. The van der Waals surface area contributed by atoms with Gasteiger partial charge in [0.05, 0.1) is 16.3 Å². The van der Waals surface area contributed by atoms with E-state index in [-0.39, 0.29) is 24.8 Å². The largest absolute Gasteiger partial charge is 0.346 e. The number of hydrogen-bond donors (Lipinski definition) is 1. The van der Waals surface area contributed by atoms with Crippen molar-refractivity contribution in [3.8, 4) is 10.7 Å². The molecule has 4 rings (SSSR count). The van der Waals surface area contributed by atoms with Crippen LogP contribution in [0, 0.1) is 10.1 Å². The minimum atomic E-state index is -4.11. The van der Waals surface area contributed by atoms with E-state index in [2.05, 4.69) is 9.82 Å². The number of para-hydroxylation sites is 1. The molecule has 29 heavy (non-hydrogen) atoms. The van der Waals surface area contributed by atoms with E-state index in [1.54, 1.807) is 4.57 Å². The highest BCUT2D eigenvalue weighted by molar-refractivity contribution is 7.89. The lowest BCUT2D eigenvalue weighted by Crippen LogP contribution is -2.32. The lowest BCUT2D eigenvalue weighted by molar-refractivity contribution is -0.387. The Morgan fingerprint density at radius 3 is 2.66 bits per heavy atom. The van der Waals surface area contributed by atoms with Crippen LogP contribution in [0.25, 0.3) is 10.7 Å². The third kappa shape index (κ3) is 3.86. The molecule has 1 fully saturated rings. The Morgan fingerprint density at radius 2 is 2.00 bits per heavy atom. The smallest absolute Gasteiger partial charge is 0.271 e. The second-order valence-corrected chi connectivity index (χ2v) is 9.21. The van der Waals surface area contributed by atoms with Gasteiger partial charge in [-0.15, -0.1) is 16.4 Å². The molecule has 1 N–H and O–H groups in total. The van der Waals surface area contributed by atoms with Crippen LogP contribution in [-0.4, -0.2) is 34.2 Å². The number of nitro groups is 1. The molecular weight excluding hydrogens is 418 g/mol. The van der Waals surface area contributed by atoms with Crippen molar-refractivity contribution >= 4 is 27.0 Å². The monoisotopic (exact) mass is 435 g/mol. The molecule has 0 bridgehead atoms. The van der Waals surface area contributed by atoms with E-state index in [4.69, 9.17) is 0 Å². The minimum Gasteiger partial charge on any atom is -0.271 e. The number of nitrogens with zero attached hydrogens (tertiary/aromatic N) is 4. The molecule has 12 heteroatoms. The molecule has 10 nitrogen and oxygen atoms in total. The van der Waals surface area contributed by atoms with Gasteiger partial charge in [-0.2, -0.15) is 0 Å². The summed E-state index contributed by atoms with van der Waals surface area (Å²) >= 11 is 1.48. The van der Waals surface area contributed by atoms with Crippen LogP contribution in [0.15, 0.2) is 51.5 Å². The molecule has 0 atom stereocenters. The summed E-state index contributed by atoms with van der Waals surface area (Å²) in [6.45, 7) is -0.114. The summed E-state index contributed by atoms with van der Waals surface area (Å²) in [5.41, 5.74) is -0.795. The maximum Gasteiger partial charge on any atom is 0.346 e. The molecule has 152 valence electrons. The molecule has 0 unspecified atom stereocenters. The molecule has 3 aromatic rings. The lowest BCUT2D eigenvalue weighted by Gasteiger charge is -2.07. The Morgan fingerprint density at radius 1 is 1.24 bits per heavy atom. The van der Waals surface area contributed by atoms with Gasteiger partial charge in [-0.1, -0.05) is 18.2 Å². The maximum absolute atomic E-state index is 12.7. The standard InChI is InChI=1S/C17H17N5O5S2/c23-17-20(19-16(14-5-3-11-28-14)21(17)12-7-8-12)10-9-18-29(26,27)15-6-2-1-4-13(15)22(24)25/h1-6,11-12,18H,7-10H2. The molecule has 1 saturated carbocycles. The second-order valence-electron chi connectivity index (χ2n) is 6.53. The quantitative estimate of drug-likeness (QED) is 0.425. The van der Waals surface area contributed by atoms with Crippen LogP contribution in [-0.2, 0) is 16.6 Å². The van der Waals surface area contributed by atoms with Gasteiger partial charge < -0.3 is 0 Å². The van der Waals surface area contributed by atoms with Gasteiger partial charge in [0, 0.05) is 18.7 Å². The summed E-state index contributed by atoms with van der Waals surface area (Å²) in [6.07, 6.45) is 1.82. The summed E-state index contributed by atoms with van der Waals surface area (Å²) in [5.74, 6) is 0.578. The van der Waals surface area contributed by atoms with E-state index < -0.39 is 25.5 Å². The molecule has 2 aromatic heterocycles. The van der Waals surface area contributed by atoms with E-state index in [9.17, 15) is 23.3 Å². The van der Waals surface area contributed by atoms with Crippen LogP contribution in [0.4, 0.5) is 5.69 Å². The fraction of sp³-hybridized carbons (Fsp3) is 0.294. The summed E-state index contributed by atoms with van der Waals surface area (Å²) in [4.78, 5) is 23.5. The summed E-state index contributed by atoms with van der Waals surface area (Å²) < 4.78 is 30.2. The van der Waals surface area contributed by atoms with Crippen molar-refractivity contribution in [1.29, 1.82) is 0 Å². The van der Waals surface area contributed by atoms with Crippen molar-refractivity contribution in [2.75, 3.05) is 6.54 Å². The summed E-state index contributed by atoms with van der Waals surface area (Å²) in [6, 6.07) is 8.99. The average Bonchev–Trinajstić information content (AvgIpc) is 3.27. The van der Waals surface area contributed by atoms with E-state index in [0.29, 0.717) is 5.82 Å².